The van der Waals surface area contributed by atoms with Crippen LogP contribution in [0, 0.1) is 5.92 Å². The van der Waals surface area contributed by atoms with E-state index in [0.29, 0.717) is 12.0 Å². The summed E-state index contributed by atoms with van der Waals surface area (Å²) in [7, 11) is 0. The average Bonchev–Trinajstić information content (AvgIpc) is 3.16. The molecule has 0 bridgehead atoms. The number of hydrogen-bond donors (Lipinski definition) is 1. The SMILES string of the molecule is C1=CC([C@H]2CCCN2c2ccccc2)Cc2[nH]cnc21. The van der Waals surface area contributed by atoms with E-state index in [1.165, 1.54) is 30.8 Å². The molecule has 1 fully saturated rings. The first kappa shape index (κ1) is 11.8. The number of aromatic amines is 1. The quantitative estimate of drug-likeness (QED) is 0.903. The van der Waals surface area contributed by atoms with Gasteiger partial charge in [0.05, 0.1) is 12.0 Å². The monoisotopic (exact) mass is 265 g/mol. The van der Waals surface area contributed by atoms with Crippen molar-refractivity contribution in [3.05, 3.63) is 54.1 Å². The van der Waals surface area contributed by atoms with Crippen molar-refractivity contribution in [3.8, 4) is 0 Å². The maximum Gasteiger partial charge on any atom is 0.0929 e. The molecule has 1 N–H and O–H groups in total. The van der Waals surface area contributed by atoms with E-state index in [1.54, 1.807) is 6.33 Å². The smallest absolute Gasteiger partial charge is 0.0929 e. The van der Waals surface area contributed by atoms with Crippen molar-refractivity contribution in [1.82, 2.24) is 9.97 Å². The highest BCUT2D eigenvalue weighted by Crippen LogP contribution is 2.34. The zero-order valence-corrected chi connectivity index (χ0v) is 11.5. The largest absolute Gasteiger partial charge is 0.368 e. The average molecular weight is 265 g/mol. The summed E-state index contributed by atoms with van der Waals surface area (Å²) in [6.45, 7) is 1.18. The molecule has 4 rings (SSSR count). The van der Waals surface area contributed by atoms with Gasteiger partial charge in [-0.3, -0.25) is 0 Å². The molecule has 3 nitrogen and oxygen atoms in total. The van der Waals surface area contributed by atoms with Crippen molar-refractivity contribution in [1.29, 1.82) is 0 Å². The molecule has 1 aliphatic carbocycles. The zero-order chi connectivity index (χ0) is 13.4. The van der Waals surface area contributed by atoms with Crippen LogP contribution in [0.25, 0.3) is 6.08 Å². The minimum atomic E-state index is 0.589. The van der Waals surface area contributed by atoms with Crippen LogP contribution in [0.1, 0.15) is 24.2 Å². The second-order valence-corrected chi connectivity index (χ2v) is 5.73. The Morgan fingerprint density at radius 2 is 2.10 bits per heavy atom. The van der Waals surface area contributed by atoms with Crippen molar-refractivity contribution in [3.63, 3.8) is 0 Å². The fourth-order valence-corrected chi connectivity index (χ4v) is 3.60. The van der Waals surface area contributed by atoms with Crippen molar-refractivity contribution in [2.75, 3.05) is 11.4 Å². The molecule has 2 heterocycles. The summed E-state index contributed by atoms with van der Waals surface area (Å²) in [6.07, 6.45) is 10.0. The van der Waals surface area contributed by atoms with E-state index in [9.17, 15) is 0 Å². The maximum atomic E-state index is 4.34. The van der Waals surface area contributed by atoms with Gasteiger partial charge in [-0.2, -0.15) is 0 Å². The lowest BCUT2D eigenvalue weighted by Crippen LogP contribution is -2.36. The number of nitrogens with zero attached hydrogens (tertiary/aromatic N) is 2. The Morgan fingerprint density at radius 3 is 3.00 bits per heavy atom. The number of nitrogens with one attached hydrogen (secondary N) is 1. The Balaban J connectivity index is 1.59. The topological polar surface area (TPSA) is 31.9 Å². The third-order valence-corrected chi connectivity index (χ3v) is 4.57. The van der Waals surface area contributed by atoms with Gasteiger partial charge in [-0.1, -0.05) is 24.3 Å². The molecule has 1 aliphatic heterocycles. The van der Waals surface area contributed by atoms with E-state index in [-0.39, 0.29) is 0 Å². The highest BCUT2D eigenvalue weighted by Gasteiger charge is 2.32. The normalized spacial score (nSPS) is 24.9. The van der Waals surface area contributed by atoms with Gasteiger partial charge in [-0.15, -0.1) is 0 Å². The summed E-state index contributed by atoms with van der Waals surface area (Å²) >= 11 is 0. The number of hydrogen-bond acceptors (Lipinski definition) is 2. The lowest BCUT2D eigenvalue weighted by Gasteiger charge is -2.33. The number of H-pyrrole nitrogens is 1. The summed E-state index contributed by atoms with van der Waals surface area (Å²) in [5, 5.41) is 0. The van der Waals surface area contributed by atoms with Gasteiger partial charge < -0.3 is 9.88 Å². The molecular weight excluding hydrogens is 246 g/mol. The summed E-state index contributed by atoms with van der Waals surface area (Å²) in [6, 6.07) is 11.4. The fourth-order valence-electron chi connectivity index (χ4n) is 3.60. The van der Waals surface area contributed by atoms with Crippen LogP contribution in [0.15, 0.2) is 42.7 Å². The lowest BCUT2D eigenvalue weighted by molar-refractivity contribution is 0.490. The molecule has 2 aromatic rings. The van der Waals surface area contributed by atoms with Crippen molar-refractivity contribution in [2.24, 2.45) is 5.92 Å². The molecule has 0 saturated carbocycles. The molecule has 0 amide bonds. The highest BCUT2D eigenvalue weighted by molar-refractivity contribution is 5.53. The zero-order valence-electron chi connectivity index (χ0n) is 11.5. The first-order valence-corrected chi connectivity index (χ1v) is 7.44. The van der Waals surface area contributed by atoms with Crippen LogP contribution < -0.4 is 4.90 Å². The third kappa shape index (κ3) is 1.94. The predicted molar refractivity (Wildman–Crippen MR) is 81.6 cm³/mol. The number of rotatable bonds is 2. The molecule has 2 aliphatic rings. The summed E-state index contributed by atoms with van der Waals surface area (Å²) in [5.41, 5.74) is 3.77. The molecular formula is C17H19N3. The van der Waals surface area contributed by atoms with Gasteiger partial charge in [-0.25, -0.2) is 4.98 Å². The number of fused-ring (bicyclic) bond motifs is 1. The molecule has 102 valence electrons. The van der Waals surface area contributed by atoms with Gasteiger partial charge in [0.2, 0.25) is 0 Å². The van der Waals surface area contributed by atoms with Crippen LogP contribution in [-0.4, -0.2) is 22.6 Å². The Bertz CT molecular complexity index is 614. The van der Waals surface area contributed by atoms with Crippen LogP contribution in [0.5, 0.6) is 0 Å². The van der Waals surface area contributed by atoms with E-state index in [1.807, 2.05) is 0 Å². The Hall–Kier alpha value is -2.03. The Morgan fingerprint density at radius 1 is 1.20 bits per heavy atom. The molecule has 3 heteroatoms. The molecule has 0 radical (unpaired) electrons. The molecule has 1 unspecified atom stereocenters. The fraction of sp³-hybridized carbons (Fsp3) is 0.353. The summed E-state index contributed by atoms with van der Waals surface area (Å²) in [5.74, 6) is 0.589. The van der Waals surface area contributed by atoms with Crippen molar-refractivity contribution < 1.29 is 0 Å². The van der Waals surface area contributed by atoms with Crippen LogP contribution >= 0.6 is 0 Å². The van der Waals surface area contributed by atoms with Gasteiger partial charge in [0.1, 0.15) is 0 Å². The van der Waals surface area contributed by atoms with Gasteiger partial charge in [0.25, 0.3) is 0 Å². The van der Waals surface area contributed by atoms with E-state index in [4.69, 9.17) is 0 Å². The Labute approximate surface area is 119 Å². The molecule has 1 aromatic heterocycles. The number of imidazole rings is 1. The first-order valence-electron chi connectivity index (χ1n) is 7.44. The number of anilines is 1. The Kier molecular flexibility index (Phi) is 2.84. The van der Waals surface area contributed by atoms with Gasteiger partial charge in [-0.05, 0) is 37.5 Å². The molecule has 0 spiro atoms. The molecule has 20 heavy (non-hydrogen) atoms. The van der Waals surface area contributed by atoms with Gasteiger partial charge in [0.15, 0.2) is 0 Å². The second kappa shape index (κ2) is 4.82. The van der Waals surface area contributed by atoms with Crippen molar-refractivity contribution in [2.45, 2.75) is 25.3 Å². The lowest BCUT2D eigenvalue weighted by atomic mass is 9.88. The maximum absolute atomic E-state index is 4.34. The minimum Gasteiger partial charge on any atom is -0.368 e. The van der Waals surface area contributed by atoms with Gasteiger partial charge >= 0.3 is 0 Å². The van der Waals surface area contributed by atoms with Crippen LogP contribution in [0.2, 0.25) is 0 Å². The standard InChI is InChI=1S/C17H19N3/c1-2-5-14(6-3-1)20-10-4-7-17(20)13-8-9-15-16(11-13)19-12-18-15/h1-3,5-6,8-9,12-13,17H,4,7,10-11H2,(H,18,19)/t13?,17-/m1/s1. The van der Waals surface area contributed by atoms with Crippen LogP contribution in [-0.2, 0) is 6.42 Å². The van der Waals surface area contributed by atoms with E-state index < -0.39 is 0 Å². The number of aromatic nitrogens is 2. The highest BCUT2D eigenvalue weighted by atomic mass is 15.2. The molecule has 1 saturated heterocycles. The number of para-hydroxylation sites is 1. The third-order valence-electron chi connectivity index (χ3n) is 4.57. The first-order chi connectivity index (χ1) is 9.92. The van der Waals surface area contributed by atoms with Crippen molar-refractivity contribution >= 4 is 11.8 Å². The van der Waals surface area contributed by atoms with E-state index in [0.717, 1.165) is 12.1 Å². The molecule has 2 atom stereocenters. The van der Waals surface area contributed by atoms with E-state index in [2.05, 4.69) is 57.4 Å². The summed E-state index contributed by atoms with van der Waals surface area (Å²) in [4.78, 5) is 10.2. The summed E-state index contributed by atoms with van der Waals surface area (Å²) < 4.78 is 0. The predicted octanol–water partition coefficient (Wildman–Crippen LogP) is 3.26. The molecule has 1 aromatic carbocycles. The van der Waals surface area contributed by atoms with Crippen LogP contribution in [0.3, 0.4) is 0 Å². The number of benzene rings is 1. The van der Waals surface area contributed by atoms with Gasteiger partial charge in [0, 0.05) is 29.9 Å². The van der Waals surface area contributed by atoms with E-state index >= 15 is 0 Å². The van der Waals surface area contributed by atoms with Crippen LogP contribution in [0.4, 0.5) is 5.69 Å². The second-order valence-electron chi connectivity index (χ2n) is 5.73. The minimum absolute atomic E-state index is 0.589.